The predicted molar refractivity (Wildman–Crippen MR) is 72.3 cm³/mol. The second-order valence-corrected chi connectivity index (χ2v) is 7.48. The van der Waals surface area contributed by atoms with Crippen LogP contribution in [-0.4, -0.2) is 11.6 Å². The molecule has 2 aliphatic carbocycles. The normalized spacial score (nSPS) is 24.3. The molecule has 2 aliphatic rings. The van der Waals surface area contributed by atoms with Gasteiger partial charge in [0, 0.05) is 9.75 Å². The average Bonchev–Trinajstić information content (AvgIpc) is 2.96. The molecule has 0 N–H and O–H groups in total. The van der Waals surface area contributed by atoms with E-state index < -0.39 is 0 Å². The Hall–Kier alpha value is -1.26. The summed E-state index contributed by atoms with van der Waals surface area (Å²) in [5, 5.41) is 0. The lowest BCUT2D eigenvalue weighted by Crippen LogP contribution is -2.09. The molecule has 2 atom stereocenters. The Morgan fingerprint density at radius 2 is 1.22 bits per heavy atom. The zero-order chi connectivity index (χ0) is 12.6. The van der Waals surface area contributed by atoms with Gasteiger partial charge >= 0.3 is 0 Å². The number of fused-ring (bicyclic) bond motifs is 5. The minimum absolute atomic E-state index is 0.151. The highest BCUT2D eigenvalue weighted by Gasteiger charge is 2.52. The number of ketones is 2. The van der Waals surface area contributed by atoms with Crippen LogP contribution in [0.5, 0.6) is 0 Å². The lowest BCUT2D eigenvalue weighted by atomic mass is 9.92. The number of carbonyl (C=O) groups is 2. The topological polar surface area (TPSA) is 34.1 Å². The number of thiophene rings is 2. The molecule has 4 heteroatoms. The van der Waals surface area contributed by atoms with Crippen molar-refractivity contribution in [1.82, 2.24) is 0 Å². The molecular weight excluding hydrogens is 264 g/mol. The van der Waals surface area contributed by atoms with E-state index in [0.29, 0.717) is 0 Å². The first-order chi connectivity index (χ1) is 8.58. The highest BCUT2D eigenvalue weighted by Crippen LogP contribution is 2.55. The Morgan fingerprint density at radius 3 is 1.61 bits per heavy atom. The van der Waals surface area contributed by atoms with Gasteiger partial charge in [-0.25, -0.2) is 0 Å². The third kappa shape index (κ3) is 1.08. The van der Waals surface area contributed by atoms with Gasteiger partial charge in [0.2, 0.25) is 0 Å². The highest BCUT2D eigenvalue weighted by atomic mass is 32.1. The van der Waals surface area contributed by atoms with E-state index in [1.54, 1.807) is 0 Å². The predicted octanol–water partition coefficient (Wildman–Crippen LogP) is 3.69. The van der Waals surface area contributed by atoms with Gasteiger partial charge in [-0.2, -0.15) is 0 Å². The fraction of sp³-hybridized carbons (Fsp3) is 0.286. The lowest BCUT2D eigenvalue weighted by Gasteiger charge is -2.07. The maximum atomic E-state index is 12.5. The molecule has 0 amide bonds. The molecule has 2 unspecified atom stereocenters. The van der Waals surface area contributed by atoms with E-state index in [0.717, 1.165) is 30.6 Å². The molecule has 0 fully saturated rings. The molecule has 0 saturated carbocycles. The zero-order valence-electron chi connectivity index (χ0n) is 9.94. The van der Waals surface area contributed by atoms with Crippen molar-refractivity contribution >= 4 is 34.2 Å². The van der Waals surface area contributed by atoms with Gasteiger partial charge in [-0.3, -0.25) is 9.59 Å². The van der Waals surface area contributed by atoms with Crippen molar-refractivity contribution in [2.45, 2.75) is 25.7 Å². The molecule has 2 aromatic heterocycles. The Balaban J connectivity index is 1.97. The van der Waals surface area contributed by atoms with E-state index in [9.17, 15) is 9.59 Å². The van der Waals surface area contributed by atoms with Crippen molar-refractivity contribution in [2.24, 2.45) is 0 Å². The Kier molecular flexibility index (Phi) is 1.89. The highest BCUT2D eigenvalue weighted by molar-refractivity contribution is 7.15. The van der Waals surface area contributed by atoms with E-state index in [1.165, 1.54) is 22.7 Å². The van der Waals surface area contributed by atoms with Crippen molar-refractivity contribution in [2.75, 3.05) is 0 Å². The van der Waals surface area contributed by atoms with Crippen molar-refractivity contribution in [3.63, 3.8) is 0 Å². The van der Waals surface area contributed by atoms with Crippen molar-refractivity contribution in [3.8, 4) is 0 Å². The zero-order valence-corrected chi connectivity index (χ0v) is 11.6. The van der Waals surface area contributed by atoms with Crippen molar-refractivity contribution in [3.05, 3.63) is 42.8 Å². The number of rotatable bonds is 0. The first kappa shape index (κ1) is 10.6. The fourth-order valence-electron chi connectivity index (χ4n) is 3.14. The van der Waals surface area contributed by atoms with Gasteiger partial charge < -0.3 is 0 Å². The molecule has 0 spiro atoms. The largest absolute Gasteiger partial charge is 0.293 e. The fourth-order valence-corrected chi connectivity index (χ4v) is 5.22. The molecule has 0 radical (unpaired) electrons. The molecule has 2 aromatic rings. The summed E-state index contributed by atoms with van der Waals surface area (Å²) >= 11 is 3.05. The molecule has 2 nitrogen and oxygen atoms in total. The number of carbonyl (C=O) groups excluding carboxylic acids is 2. The van der Waals surface area contributed by atoms with Gasteiger partial charge in [0.15, 0.2) is 11.6 Å². The third-order valence-corrected chi connectivity index (χ3v) is 5.95. The molecule has 90 valence electrons. The minimum Gasteiger partial charge on any atom is -0.293 e. The molecule has 0 aliphatic heterocycles. The summed E-state index contributed by atoms with van der Waals surface area (Å²) in [6.45, 7) is 3.98. The number of hydrogen-bond acceptors (Lipinski definition) is 4. The van der Waals surface area contributed by atoms with Crippen LogP contribution in [0.25, 0.3) is 0 Å². The number of Topliss-reactive ketones (excluding diaryl/α,β-unsaturated/α-hetero) is 2. The number of hydrogen-bond donors (Lipinski definition) is 0. The van der Waals surface area contributed by atoms with Gasteiger partial charge in [-0.15, -0.1) is 22.7 Å². The van der Waals surface area contributed by atoms with Crippen molar-refractivity contribution < 1.29 is 9.59 Å². The molecule has 0 aromatic carbocycles. The molecule has 18 heavy (non-hydrogen) atoms. The quantitative estimate of drug-likeness (QED) is 0.734. The SMILES string of the molecule is Cc1cc2c(s1)C(=O)C1c3cc(C)sc3C(=O)C21. The molecule has 4 rings (SSSR count). The van der Waals surface area contributed by atoms with Crippen LogP contribution in [0.3, 0.4) is 0 Å². The van der Waals surface area contributed by atoms with E-state index in [-0.39, 0.29) is 23.4 Å². The summed E-state index contributed by atoms with van der Waals surface area (Å²) in [5.74, 6) is -0.144. The van der Waals surface area contributed by atoms with Crippen LogP contribution in [0.4, 0.5) is 0 Å². The summed E-state index contributed by atoms with van der Waals surface area (Å²) < 4.78 is 0. The van der Waals surface area contributed by atoms with Crippen LogP contribution in [0.2, 0.25) is 0 Å². The smallest absolute Gasteiger partial charge is 0.181 e. The molecule has 2 heterocycles. The lowest BCUT2D eigenvalue weighted by molar-refractivity contribution is 0.0915. The van der Waals surface area contributed by atoms with Gasteiger partial charge in [-0.05, 0) is 37.1 Å². The molecular formula is C14H10O2S2. The van der Waals surface area contributed by atoms with Crippen LogP contribution in [0.15, 0.2) is 12.1 Å². The first-order valence-corrected chi connectivity index (χ1v) is 7.50. The van der Waals surface area contributed by atoms with E-state index >= 15 is 0 Å². The van der Waals surface area contributed by atoms with E-state index in [2.05, 4.69) is 0 Å². The molecule has 0 saturated heterocycles. The summed E-state index contributed by atoms with van der Waals surface area (Å²) in [4.78, 5) is 28.8. The van der Waals surface area contributed by atoms with Crippen LogP contribution in [0.1, 0.15) is 52.1 Å². The average molecular weight is 274 g/mol. The summed E-state index contributed by atoms with van der Waals surface area (Å²) in [5.41, 5.74) is 1.94. The first-order valence-electron chi connectivity index (χ1n) is 5.87. The Morgan fingerprint density at radius 1 is 0.833 bits per heavy atom. The third-order valence-electron chi connectivity index (χ3n) is 3.78. The Bertz CT molecular complexity index is 658. The Labute approximate surface area is 112 Å². The summed E-state index contributed by atoms with van der Waals surface area (Å²) in [6, 6.07) is 4.04. The maximum absolute atomic E-state index is 12.5. The number of aryl methyl sites for hydroxylation is 2. The second-order valence-electron chi connectivity index (χ2n) is 4.97. The van der Waals surface area contributed by atoms with Crippen molar-refractivity contribution in [1.29, 1.82) is 0 Å². The van der Waals surface area contributed by atoms with Gasteiger partial charge in [0.25, 0.3) is 0 Å². The van der Waals surface area contributed by atoms with Gasteiger partial charge in [0.05, 0.1) is 21.6 Å². The van der Waals surface area contributed by atoms with E-state index in [1.807, 2.05) is 26.0 Å². The van der Waals surface area contributed by atoms with E-state index in [4.69, 9.17) is 0 Å². The minimum atomic E-state index is -0.223. The van der Waals surface area contributed by atoms with Crippen LogP contribution in [-0.2, 0) is 0 Å². The van der Waals surface area contributed by atoms with Crippen LogP contribution >= 0.6 is 22.7 Å². The summed E-state index contributed by atoms with van der Waals surface area (Å²) in [7, 11) is 0. The molecule has 0 bridgehead atoms. The summed E-state index contributed by atoms with van der Waals surface area (Å²) in [6.07, 6.45) is 0. The van der Waals surface area contributed by atoms with Crippen LogP contribution in [0, 0.1) is 13.8 Å². The van der Waals surface area contributed by atoms with Gasteiger partial charge in [0.1, 0.15) is 0 Å². The van der Waals surface area contributed by atoms with Gasteiger partial charge in [-0.1, -0.05) is 0 Å². The second kappa shape index (κ2) is 3.19. The maximum Gasteiger partial charge on any atom is 0.181 e. The van der Waals surface area contributed by atoms with Crippen LogP contribution < -0.4 is 0 Å². The standard InChI is InChI=1S/C14H10O2S2/c1-5-3-7-9-10(11(15)13(7)17-5)8-4-6(2)18-14(8)12(9)16/h3-4,9-10H,1-2H3. The monoisotopic (exact) mass is 274 g/mol.